The van der Waals surface area contributed by atoms with Crippen LogP contribution in [0.3, 0.4) is 0 Å². The molecule has 0 aromatic carbocycles. The Morgan fingerprint density at radius 2 is 2.15 bits per heavy atom. The Bertz CT molecular complexity index is 225. The van der Waals surface area contributed by atoms with E-state index in [0.29, 0.717) is 6.61 Å². The Morgan fingerprint density at radius 3 is 2.54 bits per heavy atom. The van der Waals surface area contributed by atoms with Gasteiger partial charge in [0.2, 0.25) is 0 Å². The van der Waals surface area contributed by atoms with Crippen LogP contribution in [0.5, 0.6) is 0 Å². The van der Waals surface area contributed by atoms with Crippen molar-refractivity contribution in [3.05, 3.63) is 0 Å². The molecule has 1 unspecified atom stereocenters. The number of carbonyl (C=O) groups excluding carboxylic acids is 2. The number of Topliss-reactive ketones (excluding diaryl/α,β-unsaturated/α-hetero) is 1. The van der Waals surface area contributed by atoms with Crippen LogP contribution >= 0.6 is 0 Å². The zero-order chi connectivity index (χ0) is 10.3. The number of hydrogen-bond donors (Lipinski definition) is 0. The fourth-order valence-electron chi connectivity index (χ4n) is 0.988. The zero-order valence-corrected chi connectivity index (χ0v) is 8.00. The summed E-state index contributed by atoms with van der Waals surface area (Å²) in [7, 11) is 0. The minimum absolute atomic E-state index is 0.0479. The summed E-state index contributed by atoms with van der Waals surface area (Å²) in [6, 6.07) is 0. The maximum absolute atomic E-state index is 11.2. The zero-order valence-electron chi connectivity index (χ0n) is 8.00. The average Bonchev–Trinajstić information content (AvgIpc) is 2.03. The number of hydrogen-bond acceptors (Lipinski definition) is 3. The van der Waals surface area contributed by atoms with E-state index in [2.05, 4.69) is 5.92 Å². The van der Waals surface area contributed by atoms with Gasteiger partial charge in [0.05, 0.1) is 12.5 Å². The second kappa shape index (κ2) is 6.24. The average molecular weight is 182 g/mol. The SMILES string of the molecule is C#CCC(CC(C)=O)C(=O)OCC. The van der Waals surface area contributed by atoms with E-state index in [1.54, 1.807) is 6.92 Å². The van der Waals surface area contributed by atoms with Gasteiger partial charge in [-0.25, -0.2) is 0 Å². The maximum Gasteiger partial charge on any atom is 0.310 e. The van der Waals surface area contributed by atoms with Gasteiger partial charge in [0.15, 0.2) is 0 Å². The summed E-state index contributed by atoms with van der Waals surface area (Å²) in [5, 5.41) is 0. The maximum atomic E-state index is 11.2. The molecule has 0 heterocycles. The fraction of sp³-hybridized carbons (Fsp3) is 0.600. The summed E-state index contributed by atoms with van der Waals surface area (Å²) in [5.41, 5.74) is 0. The van der Waals surface area contributed by atoms with Crippen LogP contribution in [0.4, 0.5) is 0 Å². The first-order valence-corrected chi connectivity index (χ1v) is 4.21. The van der Waals surface area contributed by atoms with Gasteiger partial charge in [-0.05, 0) is 13.8 Å². The van der Waals surface area contributed by atoms with Gasteiger partial charge in [0, 0.05) is 12.8 Å². The van der Waals surface area contributed by atoms with E-state index in [4.69, 9.17) is 11.2 Å². The summed E-state index contributed by atoms with van der Waals surface area (Å²) in [4.78, 5) is 22.0. The topological polar surface area (TPSA) is 43.4 Å². The smallest absolute Gasteiger partial charge is 0.310 e. The first kappa shape index (κ1) is 11.7. The molecule has 72 valence electrons. The lowest BCUT2D eigenvalue weighted by atomic mass is 10.00. The van der Waals surface area contributed by atoms with Crippen molar-refractivity contribution >= 4 is 11.8 Å². The molecule has 0 spiro atoms. The van der Waals surface area contributed by atoms with Gasteiger partial charge in [-0.2, -0.15) is 0 Å². The van der Waals surface area contributed by atoms with E-state index in [1.807, 2.05) is 0 Å². The van der Waals surface area contributed by atoms with Gasteiger partial charge in [-0.3, -0.25) is 4.79 Å². The molecule has 0 N–H and O–H groups in total. The lowest BCUT2D eigenvalue weighted by Crippen LogP contribution is -2.19. The summed E-state index contributed by atoms with van der Waals surface area (Å²) >= 11 is 0. The predicted octanol–water partition coefficient (Wildman–Crippen LogP) is 1.17. The van der Waals surface area contributed by atoms with Crippen LogP contribution in [0.2, 0.25) is 0 Å². The van der Waals surface area contributed by atoms with E-state index >= 15 is 0 Å². The molecule has 1 atom stereocenters. The third kappa shape index (κ3) is 5.02. The highest BCUT2D eigenvalue weighted by molar-refractivity contribution is 5.83. The van der Waals surface area contributed by atoms with E-state index < -0.39 is 5.92 Å². The quantitative estimate of drug-likeness (QED) is 0.473. The lowest BCUT2D eigenvalue weighted by Gasteiger charge is -2.10. The summed E-state index contributed by atoms with van der Waals surface area (Å²) < 4.78 is 4.77. The minimum Gasteiger partial charge on any atom is -0.466 e. The summed E-state index contributed by atoms with van der Waals surface area (Å²) in [6.45, 7) is 3.47. The second-order valence-electron chi connectivity index (χ2n) is 2.76. The van der Waals surface area contributed by atoms with Crippen LogP contribution in [-0.4, -0.2) is 18.4 Å². The van der Waals surface area contributed by atoms with E-state index in [1.165, 1.54) is 6.92 Å². The molecule has 0 amide bonds. The summed E-state index contributed by atoms with van der Waals surface area (Å²) in [6.07, 6.45) is 5.50. The Hall–Kier alpha value is -1.30. The Balaban J connectivity index is 4.16. The fourth-order valence-corrected chi connectivity index (χ4v) is 0.988. The van der Waals surface area contributed by atoms with Crippen molar-refractivity contribution in [2.75, 3.05) is 6.61 Å². The van der Waals surface area contributed by atoms with Gasteiger partial charge in [0.1, 0.15) is 5.78 Å². The van der Waals surface area contributed by atoms with Crippen molar-refractivity contribution in [1.82, 2.24) is 0 Å². The highest BCUT2D eigenvalue weighted by Gasteiger charge is 2.20. The van der Waals surface area contributed by atoms with Crippen molar-refractivity contribution in [1.29, 1.82) is 0 Å². The van der Waals surface area contributed by atoms with Crippen molar-refractivity contribution in [3.8, 4) is 12.3 Å². The molecular weight excluding hydrogens is 168 g/mol. The normalized spacial score (nSPS) is 11.5. The van der Waals surface area contributed by atoms with Crippen LogP contribution in [0.1, 0.15) is 26.7 Å². The number of terminal acetylenes is 1. The van der Waals surface area contributed by atoms with Crippen LogP contribution in [0, 0.1) is 18.3 Å². The van der Waals surface area contributed by atoms with E-state index in [-0.39, 0.29) is 24.6 Å². The molecule has 0 aliphatic rings. The summed E-state index contributed by atoms with van der Waals surface area (Å²) in [5.74, 6) is 1.46. The molecule has 0 radical (unpaired) electrons. The van der Waals surface area contributed by atoms with Crippen molar-refractivity contribution in [2.45, 2.75) is 26.7 Å². The molecule has 0 saturated heterocycles. The molecule has 0 fully saturated rings. The number of rotatable bonds is 5. The molecule has 0 aliphatic heterocycles. The van der Waals surface area contributed by atoms with Gasteiger partial charge < -0.3 is 9.53 Å². The van der Waals surface area contributed by atoms with Gasteiger partial charge in [0.25, 0.3) is 0 Å². The molecule has 0 rings (SSSR count). The van der Waals surface area contributed by atoms with E-state index in [9.17, 15) is 9.59 Å². The number of carbonyl (C=O) groups is 2. The molecule has 0 aliphatic carbocycles. The molecule has 0 aromatic rings. The lowest BCUT2D eigenvalue weighted by molar-refractivity contribution is -0.149. The number of ketones is 1. The van der Waals surface area contributed by atoms with Gasteiger partial charge in [-0.1, -0.05) is 0 Å². The molecule has 0 aromatic heterocycles. The third-order valence-electron chi connectivity index (χ3n) is 1.52. The molecule has 0 saturated carbocycles. The predicted molar refractivity (Wildman–Crippen MR) is 48.9 cm³/mol. The molecule has 3 nitrogen and oxygen atoms in total. The molecule has 13 heavy (non-hydrogen) atoms. The van der Waals surface area contributed by atoms with Crippen LogP contribution in [-0.2, 0) is 14.3 Å². The second-order valence-corrected chi connectivity index (χ2v) is 2.76. The van der Waals surface area contributed by atoms with Crippen LogP contribution < -0.4 is 0 Å². The highest BCUT2D eigenvalue weighted by Crippen LogP contribution is 2.10. The molecular formula is C10H14O3. The monoisotopic (exact) mass is 182 g/mol. The van der Waals surface area contributed by atoms with E-state index in [0.717, 1.165) is 0 Å². The molecule has 3 heteroatoms. The third-order valence-corrected chi connectivity index (χ3v) is 1.52. The number of ether oxygens (including phenoxy) is 1. The Labute approximate surface area is 78.5 Å². The van der Waals surface area contributed by atoms with Crippen molar-refractivity contribution < 1.29 is 14.3 Å². The van der Waals surface area contributed by atoms with Crippen molar-refractivity contribution in [2.24, 2.45) is 5.92 Å². The Kier molecular flexibility index (Phi) is 5.62. The van der Waals surface area contributed by atoms with Gasteiger partial charge >= 0.3 is 5.97 Å². The largest absolute Gasteiger partial charge is 0.466 e. The van der Waals surface area contributed by atoms with Gasteiger partial charge in [-0.15, -0.1) is 12.3 Å². The minimum atomic E-state index is -0.470. The standard InChI is InChI=1S/C10H14O3/c1-4-6-9(7-8(3)11)10(12)13-5-2/h1,9H,5-7H2,2-3H3. The first-order chi connectivity index (χ1) is 6.11. The van der Waals surface area contributed by atoms with Crippen LogP contribution in [0.15, 0.2) is 0 Å². The Morgan fingerprint density at radius 1 is 1.54 bits per heavy atom. The number of esters is 1. The first-order valence-electron chi connectivity index (χ1n) is 4.21. The van der Waals surface area contributed by atoms with Crippen molar-refractivity contribution in [3.63, 3.8) is 0 Å². The molecule has 0 bridgehead atoms. The highest BCUT2D eigenvalue weighted by atomic mass is 16.5. The van der Waals surface area contributed by atoms with Crippen LogP contribution in [0.25, 0.3) is 0 Å².